The molecule has 0 aliphatic rings. The quantitative estimate of drug-likeness (QED) is 0.602. The predicted molar refractivity (Wildman–Crippen MR) is 79.2 cm³/mol. The third kappa shape index (κ3) is 3.80. The van der Waals surface area contributed by atoms with Gasteiger partial charge in [-0.25, -0.2) is 8.42 Å². The van der Waals surface area contributed by atoms with E-state index in [1.54, 1.807) is 13.8 Å². The number of carboxylic acid groups (broad SMARTS) is 1. The van der Waals surface area contributed by atoms with Crippen molar-refractivity contribution in [2.24, 2.45) is 5.92 Å². The number of benzene rings is 1. The number of nitro groups is 1. The third-order valence-electron chi connectivity index (χ3n) is 3.19. The minimum atomic E-state index is -4.10. The smallest absolute Gasteiger partial charge is 0.322 e. The summed E-state index contributed by atoms with van der Waals surface area (Å²) in [5, 5.41) is 19.9. The molecule has 0 fully saturated rings. The molecule has 0 bridgehead atoms. The Bertz CT molecular complexity index is 711. The first-order chi connectivity index (χ1) is 9.97. The standard InChI is InChI=1S/C13H18N2O6S/c1-7(2)12(13(16)17)14-22(20,21)11-6-8(3)10(15(18)19)5-9(11)4/h5-7,12,14H,1-4H3,(H,16,17)/t12-/m1/s1. The summed E-state index contributed by atoms with van der Waals surface area (Å²) in [6.45, 7) is 6.00. The van der Waals surface area contributed by atoms with Crippen molar-refractivity contribution in [1.82, 2.24) is 4.72 Å². The Balaban J connectivity index is 3.32. The van der Waals surface area contributed by atoms with E-state index < -0.39 is 32.9 Å². The summed E-state index contributed by atoms with van der Waals surface area (Å²) in [7, 11) is -4.10. The Hall–Kier alpha value is -2.00. The van der Waals surface area contributed by atoms with E-state index in [2.05, 4.69) is 4.72 Å². The van der Waals surface area contributed by atoms with Crippen LogP contribution in [0.5, 0.6) is 0 Å². The second-order valence-corrected chi connectivity index (χ2v) is 7.02. The van der Waals surface area contributed by atoms with Crippen LogP contribution in [0.3, 0.4) is 0 Å². The van der Waals surface area contributed by atoms with Crippen LogP contribution in [0, 0.1) is 29.9 Å². The summed E-state index contributed by atoms with van der Waals surface area (Å²) < 4.78 is 26.9. The molecule has 1 atom stereocenters. The molecule has 0 spiro atoms. The second-order valence-electron chi connectivity index (χ2n) is 5.34. The number of hydrogen-bond donors (Lipinski definition) is 2. The third-order valence-corrected chi connectivity index (χ3v) is 4.78. The number of nitrogens with zero attached hydrogens (tertiary/aromatic N) is 1. The maximum absolute atomic E-state index is 12.4. The van der Waals surface area contributed by atoms with E-state index in [0.29, 0.717) is 0 Å². The Morgan fingerprint density at radius 1 is 1.27 bits per heavy atom. The van der Waals surface area contributed by atoms with Gasteiger partial charge >= 0.3 is 5.97 Å². The van der Waals surface area contributed by atoms with Crippen LogP contribution in [0.25, 0.3) is 0 Å². The molecule has 2 N–H and O–H groups in total. The van der Waals surface area contributed by atoms with Crippen LogP contribution in [0.4, 0.5) is 5.69 Å². The number of nitrogens with one attached hydrogen (secondary N) is 1. The number of aryl methyl sites for hydroxylation is 2. The first-order valence-electron chi connectivity index (χ1n) is 6.48. The van der Waals surface area contributed by atoms with Crippen molar-refractivity contribution < 1.29 is 23.2 Å². The van der Waals surface area contributed by atoms with Gasteiger partial charge in [0.25, 0.3) is 5.69 Å². The van der Waals surface area contributed by atoms with Gasteiger partial charge in [0.15, 0.2) is 0 Å². The average molecular weight is 330 g/mol. The lowest BCUT2D eigenvalue weighted by Gasteiger charge is -2.19. The Morgan fingerprint density at radius 3 is 2.23 bits per heavy atom. The average Bonchev–Trinajstić information content (AvgIpc) is 2.37. The molecule has 1 aromatic carbocycles. The van der Waals surface area contributed by atoms with Gasteiger partial charge in [-0.15, -0.1) is 0 Å². The fraction of sp³-hybridized carbons (Fsp3) is 0.462. The molecule has 0 saturated carbocycles. The van der Waals surface area contributed by atoms with Crippen LogP contribution in [-0.2, 0) is 14.8 Å². The molecule has 0 aromatic heterocycles. The summed E-state index contributed by atoms with van der Waals surface area (Å²) in [6, 6.07) is 1.06. The van der Waals surface area contributed by atoms with Crippen LogP contribution in [-0.4, -0.2) is 30.5 Å². The van der Waals surface area contributed by atoms with Gasteiger partial charge in [0.2, 0.25) is 10.0 Å². The summed E-state index contributed by atoms with van der Waals surface area (Å²) in [6.07, 6.45) is 0. The molecule has 8 nitrogen and oxygen atoms in total. The normalized spacial score (nSPS) is 13.1. The second kappa shape index (κ2) is 6.41. The molecule has 0 heterocycles. The number of hydrogen-bond acceptors (Lipinski definition) is 5. The van der Waals surface area contributed by atoms with Crippen molar-refractivity contribution in [3.05, 3.63) is 33.4 Å². The Kier molecular flexibility index (Phi) is 5.26. The molecule has 0 amide bonds. The molecule has 1 aromatic rings. The highest BCUT2D eigenvalue weighted by molar-refractivity contribution is 7.89. The zero-order valence-electron chi connectivity index (χ0n) is 12.7. The largest absolute Gasteiger partial charge is 0.480 e. The lowest BCUT2D eigenvalue weighted by atomic mass is 10.1. The topological polar surface area (TPSA) is 127 Å². The van der Waals surface area contributed by atoms with Crippen molar-refractivity contribution in [3.63, 3.8) is 0 Å². The number of sulfonamides is 1. The van der Waals surface area contributed by atoms with E-state index in [1.165, 1.54) is 19.9 Å². The van der Waals surface area contributed by atoms with E-state index in [-0.39, 0.29) is 21.7 Å². The fourth-order valence-corrected chi connectivity index (χ4v) is 3.61. The molecule has 0 aliphatic heterocycles. The van der Waals surface area contributed by atoms with Crippen LogP contribution in [0.15, 0.2) is 17.0 Å². The molecule has 0 aliphatic carbocycles. The highest BCUT2D eigenvalue weighted by Crippen LogP contribution is 2.26. The summed E-state index contributed by atoms with van der Waals surface area (Å²) >= 11 is 0. The highest BCUT2D eigenvalue weighted by atomic mass is 32.2. The van der Waals surface area contributed by atoms with Crippen LogP contribution in [0.2, 0.25) is 0 Å². The zero-order chi connectivity index (χ0) is 17.2. The van der Waals surface area contributed by atoms with Crippen molar-refractivity contribution in [2.45, 2.75) is 38.6 Å². The van der Waals surface area contributed by atoms with Gasteiger partial charge in [-0.1, -0.05) is 13.8 Å². The Morgan fingerprint density at radius 2 is 1.82 bits per heavy atom. The molecule has 9 heteroatoms. The Labute approximate surface area is 128 Å². The van der Waals surface area contributed by atoms with E-state index in [4.69, 9.17) is 5.11 Å². The van der Waals surface area contributed by atoms with Crippen LogP contribution >= 0.6 is 0 Å². The van der Waals surface area contributed by atoms with E-state index in [1.807, 2.05) is 0 Å². The number of carbonyl (C=O) groups is 1. The fourth-order valence-electron chi connectivity index (χ4n) is 1.96. The maximum atomic E-state index is 12.4. The first-order valence-corrected chi connectivity index (χ1v) is 7.96. The van der Waals surface area contributed by atoms with Gasteiger partial charge in [-0.3, -0.25) is 14.9 Å². The number of nitro benzene ring substituents is 1. The number of aliphatic carboxylic acids is 1. The monoisotopic (exact) mass is 330 g/mol. The van der Waals surface area contributed by atoms with Gasteiger partial charge in [-0.05, 0) is 31.4 Å². The van der Waals surface area contributed by atoms with Gasteiger partial charge in [0.05, 0.1) is 9.82 Å². The number of carboxylic acids is 1. The van der Waals surface area contributed by atoms with Crippen molar-refractivity contribution in [2.75, 3.05) is 0 Å². The SMILES string of the molecule is Cc1cc(S(=O)(=O)N[C@@H](C(=O)O)C(C)C)c(C)cc1[N+](=O)[O-]. The summed E-state index contributed by atoms with van der Waals surface area (Å²) in [5.41, 5.74) is 0.181. The molecule has 1 rings (SSSR count). The van der Waals surface area contributed by atoms with Gasteiger partial charge in [0.1, 0.15) is 6.04 Å². The van der Waals surface area contributed by atoms with Crippen LogP contribution in [0.1, 0.15) is 25.0 Å². The van der Waals surface area contributed by atoms with Crippen molar-refractivity contribution in [1.29, 1.82) is 0 Å². The van der Waals surface area contributed by atoms with Gasteiger partial charge in [0, 0.05) is 11.6 Å². The lowest BCUT2D eigenvalue weighted by Crippen LogP contribution is -2.44. The minimum absolute atomic E-state index is 0.164. The van der Waals surface area contributed by atoms with E-state index >= 15 is 0 Å². The lowest BCUT2D eigenvalue weighted by molar-refractivity contribution is -0.385. The summed E-state index contributed by atoms with van der Waals surface area (Å²) in [4.78, 5) is 21.2. The van der Waals surface area contributed by atoms with Crippen molar-refractivity contribution in [3.8, 4) is 0 Å². The van der Waals surface area contributed by atoms with Gasteiger partial charge in [-0.2, -0.15) is 4.72 Å². The minimum Gasteiger partial charge on any atom is -0.480 e. The predicted octanol–water partition coefficient (Wildman–Crippen LogP) is 1.60. The molecule has 0 saturated heterocycles. The first kappa shape index (κ1) is 18.1. The van der Waals surface area contributed by atoms with Crippen molar-refractivity contribution >= 4 is 21.7 Å². The molecule has 122 valence electrons. The molecule has 22 heavy (non-hydrogen) atoms. The molecular weight excluding hydrogens is 312 g/mol. The van der Waals surface area contributed by atoms with E-state index in [0.717, 1.165) is 6.07 Å². The molecular formula is C13H18N2O6S. The molecule has 0 radical (unpaired) electrons. The van der Waals surface area contributed by atoms with Gasteiger partial charge < -0.3 is 5.11 Å². The zero-order valence-corrected chi connectivity index (χ0v) is 13.5. The number of rotatable bonds is 6. The highest BCUT2D eigenvalue weighted by Gasteiger charge is 2.30. The molecule has 0 unspecified atom stereocenters. The van der Waals surface area contributed by atoms with Crippen LogP contribution < -0.4 is 4.72 Å². The summed E-state index contributed by atoms with van der Waals surface area (Å²) in [5.74, 6) is -1.73. The van der Waals surface area contributed by atoms with E-state index in [9.17, 15) is 23.3 Å². The maximum Gasteiger partial charge on any atom is 0.322 e.